The minimum absolute atomic E-state index is 0. The van der Waals surface area contributed by atoms with Crippen molar-refractivity contribution in [3.8, 4) is 0 Å². The number of hydrogen-bond acceptors (Lipinski definition) is 3. The molecular formula is C2H2F4NaO3P. The van der Waals surface area contributed by atoms with Gasteiger partial charge in [0.25, 0.3) is 0 Å². The van der Waals surface area contributed by atoms with E-state index in [-0.39, 0.29) is 29.6 Å². The van der Waals surface area contributed by atoms with Crippen molar-refractivity contribution in [3.63, 3.8) is 0 Å². The fourth-order valence-electron chi connectivity index (χ4n) is 0.150. The molecule has 0 aliphatic carbocycles. The van der Waals surface area contributed by atoms with Gasteiger partial charge in [-0.3, -0.25) is 4.57 Å². The van der Waals surface area contributed by atoms with E-state index >= 15 is 0 Å². The van der Waals surface area contributed by atoms with Crippen LogP contribution in [-0.4, -0.2) is 12.8 Å². The molecule has 0 spiro atoms. The van der Waals surface area contributed by atoms with Gasteiger partial charge >= 0.3 is 43.6 Å². The Balaban J connectivity index is 0. The molecule has 0 aromatic heterocycles. The molecule has 0 fully saturated rings. The SMILES string of the molecule is O=P([O-])(F)OCC(F)(F)F.[Na+]. The Bertz CT molecular complexity index is 152. The second-order valence-corrected chi connectivity index (χ2v) is 2.44. The molecule has 0 saturated heterocycles. The summed E-state index contributed by atoms with van der Waals surface area (Å²) in [6.07, 6.45) is -4.83. The molecule has 0 aliphatic heterocycles. The number of halogens is 4. The molecule has 0 aromatic carbocycles. The standard InChI is InChI=1S/C2H3F4O3P.Na/c3-2(4,5)1-9-10(6,7)8;/h1H2,(H,7,8);/q;+1/p-1. The van der Waals surface area contributed by atoms with Gasteiger partial charge in [0.15, 0.2) is 6.61 Å². The van der Waals surface area contributed by atoms with Crippen LogP contribution < -0.4 is 34.5 Å². The van der Waals surface area contributed by atoms with Crippen molar-refractivity contribution in [1.82, 2.24) is 0 Å². The Labute approximate surface area is 81.7 Å². The topological polar surface area (TPSA) is 49.4 Å². The second kappa shape index (κ2) is 4.79. The molecule has 0 radical (unpaired) electrons. The van der Waals surface area contributed by atoms with Gasteiger partial charge < -0.3 is 9.42 Å². The maximum Gasteiger partial charge on any atom is 1.00 e. The van der Waals surface area contributed by atoms with Crippen LogP contribution in [0.5, 0.6) is 0 Å². The van der Waals surface area contributed by atoms with E-state index in [1.807, 2.05) is 0 Å². The first-order valence-corrected chi connectivity index (χ1v) is 3.36. The Morgan fingerprint density at radius 2 is 1.82 bits per heavy atom. The van der Waals surface area contributed by atoms with Crippen LogP contribution in [0.25, 0.3) is 0 Å². The molecule has 1 atom stereocenters. The molecule has 0 saturated carbocycles. The van der Waals surface area contributed by atoms with E-state index in [2.05, 4.69) is 4.52 Å². The summed E-state index contributed by atoms with van der Waals surface area (Å²) < 4.78 is 56.4. The fraction of sp³-hybridized carbons (Fsp3) is 1.00. The van der Waals surface area contributed by atoms with Crippen LogP contribution in [0.3, 0.4) is 0 Å². The first-order chi connectivity index (χ1) is 4.21. The summed E-state index contributed by atoms with van der Waals surface area (Å²) in [5.41, 5.74) is 0. The summed E-state index contributed by atoms with van der Waals surface area (Å²) in [7, 11) is -5.73. The summed E-state index contributed by atoms with van der Waals surface area (Å²) in [6, 6.07) is 0. The summed E-state index contributed by atoms with van der Waals surface area (Å²) in [4.78, 5) is 9.32. The maximum atomic E-state index is 11.2. The Morgan fingerprint density at radius 1 is 1.45 bits per heavy atom. The zero-order chi connectivity index (χ0) is 8.41. The van der Waals surface area contributed by atoms with Gasteiger partial charge in [0.05, 0.1) is 0 Å². The Kier molecular flexibility index (Phi) is 6.27. The zero-order valence-corrected chi connectivity index (χ0v) is 8.29. The molecule has 1 unspecified atom stereocenters. The molecule has 0 heterocycles. The van der Waals surface area contributed by atoms with Crippen molar-refractivity contribution in [2.75, 3.05) is 6.61 Å². The van der Waals surface area contributed by atoms with Crippen LogP contribution in [0.1, 0.15) is 0 Å². The van der Waals surface area contributed by atoms with Crippen LogP contribution >= 0.6 is 7.91 Å². The molecule has 9 heteroatoms. The van der Waals surface area contributed by atoms with E-state index in [4.69, 9.17) is 0 Å². The molecule has 0 amide bonds. The van der Waals surface area contributed by atoms with Gasteiger partial charge in [0.2, 0.25) is 0 Å². The van der Waals surface area contributed by atoms with Gasteiger partial charge in [0, 0.05) is 0 Å². The summed E-state index contributed by atoms with van der Waals surface area (Å²) in [6.45, 7) is -2.12. The van der Waals surface area contributed by atoms with Crippen LogP contribution in [0.15, 0.2) is 0 Å². The predicted octanol–water partition coefficient (Wildman–Crippen LogP) is -1.99. The van der Waals surface area contributed by atoms with Crippen LogP contribution in [0.2, 0.25) is 0 Å². The summed E-state index contributed by atoms with van der Waals surface area (Å²) >= 11 is 0. The molecule has 11 heavy (non-hydrogen) atoms. The van der Waals surface area contributed by atoms with E-state index in [1.54, 1.807) is 0 Å². The average Bonchev–Trinajstić information content (AvgIpc) is 1.57. The zero-order valence-electron chi connectivity index (χ0n) is 5.39. The number of alkyl halides is 3. The van der Waals surface area contributed by atoms with Gasteiger partial charge in [-0.15, -0.1) is 0 Å². The van der Waals surface area contributed by atoms with Crippen molar-refractivity contribution in [1.29, 1.82) is 0 Å². The minimum Gasteiger partial charge on any atom is -0.753 e. The van der Waals surface area contributed by atoms with Gasteiger partial charge in [-0.05, 0) is 0 Å². The Morgan fingerprint density at radius 3 is 1.91 bits per heavy atom. The van der Waals surface area contributed by atoms with Gasteiger partial charge in [-0.2, -0.15) is 17.4 Å². The largest absolute Gasteiger partial charge is 1.00 e. The van der Waals surface area contributed by atoms with E-state index in [0.717, 1.165) is 0 Å². The Hall–Kier alpha value is 0.870. The second-order valence-electron chi connectivity index (χ2n) is 1.32. The van der Waals surface area contributed by atoms with E-state index in [0.29, 0.717) is 0 Å². The number of hydrogen-bond donors (Lipinski definition) is 0. The molecule has 0 bridgehead atoms. The molecule has 62 valence electrons. The molecule has 3 nitrogen and oxygen atoms in total. The minimum atomic E-state index is -5.73. The van der Waals surface area contributed by atoms with Gasteiger partial charge in [-0.1, -0.05) is 0 Å². The quantitative estimate of drug-likeness (QED) is 0.297. The van der Waals surface area contributed by atoms with Crippen LogP contribution in [0.4, 0.5) is 17.4 Å². The maximum absolute atomic E-state index is 11.2. The normalized spacial score (nSPS) is 16.8. The van der Waals surface area contributed by atoms with Crippen LogP contribution in [-0.2, 0) is 9.09 Å². The monoisotopic (exact) mass is 204 g/mol. The fourth-order valence-corrected chi connectivity index (χ4v) is 0.451. The third-order valence-electron chi connectivity index (χ3n) is 0.382. The number of rotatable bonds is 2. The molecule has 0 rings (SSSR count). The molecular weight excluding hydrogens is 202 g/mol. The van der Waals surface area contributed by atoms with Gasteiger partial charge in [0.1, 0.15) is 0 Å². The van der Waals surface area contributed by atoms with Crippen molar-refractivity contribution >= 4 is 7.91 Å². The first-order valence-electron chi connectivity index (χ1n) is 1.93. The van der Waals surface area contributed by atoms with Crippen molar-refractivity contribution in [3.05, 3.63) is 0 Å². The van der Waals surface area contributed by atoms with E-state index in [1.165, 1.54) is 0 Å². The first kappa shape index (κ1) is 14.4. The van der Waals surface area contributed by atoms with Crippen LogP contribution in [0, 0.1) is 0 Å². The smallest absolute Gasteiger partial charge is 0.753 e. The molecule has 0 aromatic rings. The summed E-state index contributed by atoms with van der Waals surface area (Å²) in [5, 5.41) is 0. The van der Waals surface area contributed by atoms with Crippen molar-refractivity contribution in [2.24, 2.45) is 0 Å². The third kappa shape index (κ3) is 13.8. The van der Waals surface area contributed by atoms with Crippen molar-refractivity contribution < 1.29 is 60.9 Å². The van der Waals surface area contributed by atoms with Gasteiger partial charge in [-0.25, -0.2) is 0 Å². The predicted molar refractivity (Wildman–Crippen MR) is 20.7 cm³/mol. The van der Waals surface area contributed by atoms with Crippen molar-refractivity contribution in [2.45, 2.75) is 6.18 Å². The molecule has 0 aliphatic rings. The van der Waals surface area contributed by atoms with E-state index in [9.17, 15) is 26.8 Å². The summed E-state index contributed by atoms with van der Waals surface area (Å²) in [5.74, 6) is 0. The van der Waals surface area contributed by atoms with E-state index < -0.39 is 20.7 Å². The average molecular weight is 204 g/mol. The third-order valence-corrected chi connectivity index (χ3v) is 0.820. The molecule has 0 N–H and O–H groups in total.